The molecule has 1 aromatic rings. The predicted octanol–water partition coefficient (Wildman–Crippen LogP) is 0.583. The molecule has 2 aliphatic rings. The van der Waals surface area contributed by atoms with E-state index < -0.39 is 29.9 Å². The van der Waals surface area contributed by atoms with E-state index in [0.29, 0.717) is 5.56 Å². The molecule has 1 atom stereocenters. The van der Waals surface area contributed by atoms with Gasteiger partial charge in [0.05, 0.1) is 6.54 Å². The Labute approximate surface area is 164 Å². The average Bonchev–Trinajstić information content (AvgIpc) is 3.18. The van der Waals surface area contributed by atoms with Gasteiger partial charge < -0.3 is 16.0 Å². The van der Waals surface area contributed by atoms with Crippen molar-refractivity contribution in [3.8, 4) is 0 Å². The highest BCUT2D eigenvalue weighted by Crippen LogP contribution is 2.32. The first kappa shape index (κ1) is 19.9. The van der Waals surface area contributed by atoms with Crippen molar-refractivity contribution in [3.63, 3.8) is 0 Å². The summed E-state index contributed by atoms with van der Waals surface area (Å²) < 4.78 is 0. The molecule has 0 aromatic heterocycles. The lowest BCUT2D eigenvalue weighted by Crippen LogP contribution is -2.45. The van der Waals surface area contributed by atoms with E-state index in [1.165, 1.54) is 11.1 Å². The van der Waals surface area contributed by atoms with Crippen LogP contribution in [0.5, 0.6) is 0 Å². The second kappa shape index (κ2) is 7.61. The Balaban J connectivity index is 1.66. The lowest BCUT2D eigenvalue weighted by Gasteiger charge is -2.23. The van der Waals surface area contributed by atoms with E-state index in [1.54, 1.807) is 6.92 Å². The highest BCUT2D eigenvalue weighted by Gasteiger charge is 2.49. The van der Waals surface area contributed by atoms with Gasteiger partial charge in [-0.15, -0.1) is 0 Å². The molecule has 1 aromatic carbocycles. The molecule has 0 radical (unpaired) electrons. The maximum Gasteiger partial charge on any atom is 0.325 e. The van der Waals surface area contributed by atoms with Crippen LogP contribution in [0.25, 0.3) is 0 Å². The molecular formula is C20H26N4O4. The molecule has 8 heteroatoms. The maximum absolute atomic E-state index is 12.9. The van der Waals surface area contributed by atoms with Crippen molar-refractivity contribution in [1.82, 2.24) is 20.9 Å². The summed E-state index contributed by atoms with van der Waals surface area (Å²) in [7, 11) is 0. The van der Waals surface area contributed by atoms with Crippen LogP contribution < -0.4 is 16.0 Å². The fourth-order valence-corrected chi connectivity index (χ4v) is 3.67. The summed E-state index contributed by atoms with van der Waals surface area (Å²) in [6.07, 6.45) is 3.09. The van der Waals surface area contributed by atoms with Crippen molar-refractivity contribution in [2.24, 2.45) is 0 Å². The van der Waals surface area contributed by atoms with Crippen molar-refractivity contribution in [1.29, 1.82) is 0 Å². The molecule has 1 saturated heterocycles. The number of nitrogens with zero attached hydrogens (tertiary/aromatic N) is 1. The number of rotatable bonds is 6. The summed E-state index contributed by atoms with van der Waals surface area (Å²) >= 11 is 0. The SMILES string of the molecule is CC(C)NC(=O)CNC(=O)CN1C(=O)N[C@](C)(c2ccc3c(c2)CCC3)C1=O. The number of aryl methyl sites for hydroxylation is 2. The number of hydrogen-bond acceptors (Lipinski definition) is 4. The topological polar surface area (TPSA) is 108 Å². The zero-order valence-corrected chi connectivity index (χ0v) is 16.4. The van der Waals surface area contributed by atoms with E-state index in [9.17, 15) is 19.2 Å². The van der Waals surface area contributed by atoms with E-state index >= 15 is 0 Å². The number of benzene rings is 1. The minimum absolute atomic E-state index is 0.0385. The minimum atomic E-state index is -1.20. The largest absolute Gasteiger partial charge is 0.352 e. The van der Waals surface area contributed by atoms with Crippen LogP contribution in [-0.4, -0.2) is 47.8 Å². The summed E-state index contributed by atoms with van der Waals surface area (Å²) in [6.45, 7) is 4.64. The summed E-state index contributed by atoms with van der Waals surface area (Å²) in [5, 5.41) is 7.79. The van der Waals surface area contributed by atoms with Gasteiger partial charge in [-0.1, -0.05) is 18.2 Å². The van der Waals surface area contributed by atoms with Crippen LogP contribution in [0.4, 0.5) is 4.79 Å². The molecule has 1 aliphatic heterocycles. The van der Waals surface area contributed by atoms with Crippen LogP contribution >= 0.6 is 0 Å². The lowest BCUT2D eigenvalue weighted by molar-refractivity contribution is -0.135. The molecule has 3 rings (SSSR count). The molecule has 1 heterocycles. The smallest absolute Gasteiger partial charge is 0.325 e. The first-order chi connectivity index (χ1) is 13.2. The number of carbonyl (C=O) groups is 4. The van der Waals surface area contributed by atoms with Crippen LogP contribution in [0.1, 0.15) is 43.9 Å². The molecule has 5 amide bonds. The Hall–Kier alpha value is -2.90. The first-order valence-electron chi connectivity index (χ1n) is 9.53. The van der Waals surface area contributed by atoms with Crippen LogP contribution in [0.15, 0.2) is 18.2 Å². The highest BCUT2D eigenvalue weighted by molar-refractivity contribution is 6.09. The molecule has 1 aliphatic carbocycles. The number of carbonyl (C=O) groups excluding carboxylic acids is 4. The third-order valence-corrected chi connectivity index (χ3v) is 5.15. The number of imide groups is 1. The number of fused-ring (bicyclic) bond motifs is 1. The first-order valence-corrected chi connectivity index (χ1v) is 9.53. The van der Waals surface area contributed by atoms with Crippen molar-refractivity contribution >= 4 is 23.8 Å². The Morgan fingerprint density at radius 3 is 2.61 bits per heavy atom. The summed E-state index contributed by atoms with van der Waals surface area (Å²) in [5.41, 5.74) is 1.99. The Morgan fingerprint density at radius 2 is 1.89 bits per heavy atom. The van der Waals surface area contributed by atoms with Crippen molar-refractivity contribution in [2.75, 3.05) is 13.1 Å². The molecule has 0 unspecified atom stereocenters. The number of hydrogen-bond donors (Lipinski definition) is 3. The number of amides is 5. The second-order valence-electron chi connectivity index (χ2n) is 7.78. The van der Waals surface area contributed by atoms with E-state index in [-0.39, 0.29) is 18.5 Å². The average molecular weight is 386 g/mol. The molecule has 1 fully saturated rings. The van der Waals surface area contributed by atoms with Gasteiger partial charge in [-0.05, 0) is 56.7 Å². The maximum atomic E-state index is 12.9. The van der Waals surface area contributed by atoms with Gasteiger partial charge >= 0.3 is 6.03 Å². The lowest BCUT2D eigenvalue weighted by atomic mass is 9.89. The summed E-state index contributed by atoms with van der Waals surface area (Å²) in [6, 6.07) is 5.19. The summed E-state index contributed by atoms with van der Waals surface area (Å²) in [5.74, 6) is -1.37. The van der Waals surface area contributed by atoms with Gasteiger partial charge in [-0.25, -0.2) is 4.79 Å². The van der Waals surface area contributed by atoms with E-state index in [1.807, 2.05) is 32.0 Å². The fourth-order valence-electron chi connectivity index (χ4n) is 3.67. The second-order valence-corrected chi connectivity index (χ2v) is 7.78. The normalized spacial score (nSPS) is 20.9. The monoisotopic (exact) mass is 386 g/mol. The molecule has 3 N–H and O–H groups in total. The molecule has 8 nitrogen and oxygen atoms in total. The molecule has 0 spiro atoms. The standard InChI is InChI=1S/C20H26N4O4/c1-12(2)22-16(25)10-21-17(26)11-24-18(27)20(3,23-19(24)28)15-8-7-13-5-4-6-14(13)9-15/h7-9,12H,4-6,10-11H2,1-3H3,(H,21,26)(H,22,25)(H,23,28)/t20-/m1/s1. The Bertz CT molecular complexity index is 835. The van der Waals surface area contributed by atoms with Gasteiger partial charge in [0.1, 0.15) is 12.1 Å². The molecule has 28 heavy (non-hydrogen) atoms. The highest BCUT2D eigenvalue weighted by atomic mass is 16.2. The van der Waals surface area contributed by atoms with Crippen molar-refractivity contribution in [3.05, 3.63) is 34.9 Å². The van der Waals surface area contributed by atoms with Gasteiger partial charge in [0.15, 0.2) is 0 Å². The van der Waals surface area contributed by atoms with Gasteiger partial charge in [0.2, 0.25) is 11.8 Å². The minimum Gasteiger partial charge on any atom is -0.352 e. The van der Waals surface area contributed by atoms with Gasteiger partial charge in [-0.3, -0.25) is 19.3 Å². The molecule has 0 bridgehead atoms. The van der Waals surface area contributed by atoms with Crippen LogP contribution in [-0.2, 0) is 32.8 Å². The van der Waals surface area contributed by atoms with Gasteiger partial charge in [0.25, 0.3) is 5.91 Å². The predicted molar refractivity (Wildman–Crippen MR) is 102 cm³/mol. The van der Waals surface area contributed by atoms with Crippen LogP contribution in [0.2, 0.25) is 0 Å². The van der Waals surface area contributed by atoms with Gasteiger partial charge in [0, 0.05) is 6.04 Å². The zero-order valence-electron chi connectivity index (χ0n) is 16.4. The Morgan fingerprint density at radius 1 is 1.18 bits per heavy atom. The third-order valence-electron chi connectivity index (χ3n) is 5.15. The number of nitrogens with one attached hydrogen (secondary N) is 3. The van der Waals surface area contributed by atoms with E-state index in [0.717, 1.165) is 24.2 Å². The van der Waals surface area contributed by atoms with Crippen LogP contribution in [0, 0.1) is 0 Å². The summed E-state index contributed by atoms with van der Waals surface area (Å²) in [4.78, 5) is 49.9. The van der Waals surface area contributed by atoms with Crippen molar-refractivity contribution < 1.29 is 19.2 Å². The third kappa shape index (κ3) is 3.85. The molecule has 0 saturated carbocycles. The zero-order chi connectivity index (χ0) is 20.5. The van der Waals surface area contributed by atoms with Crippen LogP contribution in [0.3, 0.4) is 0 Å². The van der Waals surface area contributed by atoms with Crippen molar-refractivity contribution in [2.45, 2.75) is 51.6 Å². The van der Waals surface area contributed by atoms with E-state index in [4.69, 9.17) is 0 Å². The van der Waals surface area contributed by atoms with E-state index in [2.05, 4.69) is 16.0 Å². The fraction of sp³-hybridized carbons (Fsp3) is 0.500. The molecular weight excluding hydrogens is 360 g/mol. The number of urea groups is 1. The quantitative estimate of drug-likeness (QED) is 0.622. The molecule has 150 valence electrons. The van der Waals surface area contributed by atoms with Gasteiger partial charge in [-0.2, -0.15) is 0 Å². The Kier molecular flexibility index (Phi) is 5.40.